The number of hydrogen-bond donors (Lipinski definition) is 1. The first kappa shape index (κ1) is 19.5. The van der Waals surface area contributed by atoms with Crippen LogP contribution in [-0.4, -0.2) is 18.2 Å². The Balaban J connectivity index is 1.83. The Hall–Kier alpha value is -1.84. The third-order valence-electron chi connectivity index (χ3n) is 4.60. The van der Waals surface area contributed by atoms with Crippen LogP contribution in [0.4, 0.5) is 0 Å². The van der Waals surface area contributed by atoms with Crippen LogP contribution in [0.2, 0.25) is 0 Å². The first-order valence-corrected chi connectivity index (χ1v) is 9.13. The maximum atomic E-state index is 12.0. The molecule has 4 heteroatoms. The van der Waals surface area contributed by atoms with Gasteiger partial charge in [-0.1, -0.05) is 53.7 Å². The number of carbonyl (C=O) groups excluding carboxylic acids is 1. The Morgan fingerprint density at radius 2 is 1.92 bits per heavy atom. The molecule has 25 heavy (non-hydrogen) atoms. The van der Waals surface area contributed by atoms with Gasteiger partial charge < -0.3 is 4.74 Å². The van der Waals surface area contributed by atoms with Gasteiger partial charge in [0.25, 0.3) is 5.91 Å². The Bertz CT molecular complexity index is 624. The molecule has 1 aromatic carbocycles. The van der Waals surface area contributed by atoms with Crippen molar-refractivity contribution < 1.29 is 9.53 Å². The van der Waals surface area contributed by atoms with Crippen molar-refractivity contribution in [3.05, 3.63) is 29.8 Å². The number of amides is 1. The van der Waals surface area contributed by atoms with Crippen LogP contribution in [0.15, 0.2) is 29.4 Å². The average Bonchev–Trinajstić information content (AvgIpc) is 2.48. The molecule has 0 radical (unpaired) electrons. The normalized spacial score (nSPS) is 21.8. The predicted molar refractivity (Wildman–Crippen MR) is 103 cm³/mol. The lowest BCUT2D eigenvalue weighted by atomic mass is 9.72. The fourth-order valence-corrected chi connectivity index (χ4v) is 3.57. The Morgan fingerprint density at radius 3 is 2.48 bits per heavy atom. The van der Waals surface area contributed by atoms with Crippen molar-refractivity contribution in [2.45, 2.75) is 66.2 Å². The van der Waals surface area contributed by atoms with Gasteiger partial charge in [0.05, 0.1) is 0 Å². The molecule has 1 aliphatic carbocycles. The lowest BCUT2D eigenvalue weighted by Crippen LogP contribution is -2.31. The molecular weight excluding hydrogens is 312 g/mol. The van der Waals surface area contributed by atoms with Crippen molar-refractivity contribution in [3.8, 4) is 5.75 Å². The monoisotopic (exact) mass is 344 g/mol. The summed E-state index contributed by atoms with van der Waals surface area (Å²) < 4.78 is 5.56. The fraction of sp³-hybridized carbons (Fsp3) is 0.619. The van der Waals surface area contributed by atoms with Gasteiger partial charge in [-0.05, 0) is 53.7 Å². The average molecular weight is 344 g/mol. The van der Waals surface area contributed by atoms with Gasteiger partial charge in [0.15, 0.2) is 6.61 Å². The second-order valence-corrected chi connectivity index (χ2v) is 9.13. The van der Waals surface area contributed by atoms with Crippen molar-refractivity contribution in [1.29, 1.82) is 0 Å². The summed E-state index contributed by atoms with van der Waals surface area (Å²) in [5.74, 6) is 1.09. The maximum absolute atomic E-state index is 12.0. The van der Waals surface area contributed by atoms with Crippen molar-refractivity contribution in [2.75, 3.05) is 6.61 Å². The maximum Gasteiger partial charge on any atom is 0.277 e. The van der Waals surface area contributed by atoms with Crippen LogP contribution in [0.3, 0.4) is 0 Å². The predicted octanol–water partition coefficient (Wildman–Crippen LogP) is 4.68. The van der Waals surface area contributed by atoms with E-state index < -0.39 is 0 Å². The van der Waals surface area contributed by atoms with E-state index in [0.717, 1.165) is 18.6 Å². The number of carbonyl (C=O) groups is 1. The largest absolute Gasteiger partial charge is 0.484 e. The summed E-state index contributed by atoms with van der Waals surface area (Å²) >= 11 is 0. The topological polar surface area (TPSA) is 50.7 Å². The summed E-state index contributed by atoms with van der Waals surface area (Å²) in [5.41, 5.74) is 5.32. The Labute approximate surface area is 152 Å². The minimum atomic E-state index is -0.219. The molecule has 0 aromatic heterocycles. The molecule has 0 aliphatic heterocycles. The number of nitrogens with zero attached hydrogens (tertiary/aromatic N) is 1. The molecule has 1 aromatic rings. The third kappa shape index (κ3) is 6.18. The smallest absolute Gasteiger partial charge is 0.277 e. The van der Waals surface area contributed by atoms with Gasteiger partial charge in [0.2, 0.25) is 0 Å². The molecule has 0 bridgehead atoms. The summed E-state index contributed by atoms with van der Waals surface area (Å²) in [6, 6.07) is 7.90. The van der Waals surface area contributed by atoms with E-state index in [2.05, 4.69) is 52.1 Å². The van der Waals surface area contributed by atoms with Gasteiger partial charge >= 0.3 is 0 Å². The fourth-order valence-electron chi connectivity index (χ4n) is 3.57. The minimum Gasteiger partial charge on any atom is -0.484 e. The van der Waals surface area contributed by atoms with E-state index in [4.69, 9.17) is 4.74 Å². The number of ether oxygens (including phenoxy) is 1. The molecule has 1 N–H and O–H groups in total. The second-order valence-electron chi connectivity index (χ2n) is 9.13. The molecular formula is C21H32N2O2. The highest BCUT2D eigenvalue weighted by atomic mass is 16.5. The Kier molecular flexibility index (Phi) is 5.91. The van der Waals surface area contributed by atoms with Crippen LogP contribution < -0.4 is 10.2 Å². The van der Waals surface area contributed by atoms with Crippen molar-refractivity contribution >= 4 is 11.6 Å². The van der Waals surface area contributed by atoms with Gasteiger partial charge in [0.1, 0.15) is 5.75 Å². The van der Waals surface area contributed by atoms with Crippen molar-refractivity contribution in [3.63, 3.8) is 0 Å². The van der Waals surface area contributed by atoms with E-state index in [9.17, 15) is 4.79 Å². The molecule has 1 fully saturated rings. The van der Waals surface area contributed by atoms with Gasteiger partial charge in [-0.3, -0.25) is 4.79 Å². The number of benzene rings is 1. The minimum absolute atomic E-state index is 0.0232. The van der Waals surface area contributed by atoms with Gasteiger partial charge in [-0.15, -0.1) is 0 Å². The van der Waals surface area contributed by atoms with E-state index in [1.807, 2.05) is 24.3 Å². The molecule has 1 atom stereocenters. The van der Waals surface area contributed by atoms with E-state index in [-0.39, 0.29) is 23.3 Å². The number of hydrazone groups is 1. The summed E-state index contributed by atoms with van der Waals surface area (Å²) in [5, 5.41) is 4.32. The zero-order valence-electron chi connectivity index (χ0n) is 16.5. The van der Waals surface area contributed by atoms with E-state index >= 15 is 0 Å². The van der Waals surface area contributed by atoms with Gasteiger partial charge in [-0.2, -0.15) is 5.10 Å². The summed E-state index contributed by atoms with van der Waals surface area (Å²) in [4.78, 5) is 12.0. The van der Waals surface area contributed by atoms with Crippen LogP contribution in [0, 0.1) is 11.3 Å². The molecule has 1 unspecified atom stereocenters. The van der Waals surface area contributed by atoms with Gasteiger partial charge in [-0.25, -0.2) is 5.43 Å². The SMILES string of the molecule is CC1CC(=NNC(=O)COc2ccc(C(C)(C)C)cc2)CC(C)(C)C1. The molecule has 2 rings (SSSR count). The van der Waals surface area contributed by atoms with Gasteiger partial charge in [0, 0.05) is 5.71 Å². The zero-order chi connectivity index (χ0) is 18.7. The molecule has 4 nitrogen and oxygen atoms in total. The number of rotatable bonds is 4. The van der Waals surface area contributed by atoms with E-state index in [0.29, 0.717) is 11.7 Å². The van der Waals surface area contributed by atoms with Crippen molar-refractivity contribution in [1.82, 2.24) is 5.43 Å². The Morgan fingerprint density at radius 1 is 1.28 bits per heavy atom. The highest BCUT2D eigenvalue weighted by Gasteiger charge is 2.29. The number of nitrogens with one attached hydrogen (secondary N) is 1. The molecule has 0 spiro atoms. The van der Waals surface area contributed by atoms with Crippen LogP contribution in [0.5, 0.6) is 5.75 Å². The quantitative estimate of drug-likeness (QED) is 0.806. The summed E-state index contributed by atoms with van der Waals surface area (Å²) in [7, 11) is 0. The van der Waals surface area contributed by atoms with Crippen molar-refractivity contribution in [2.24, 2.45) is 16.4 Å². The van der Waals surface area contributed by atoms with Crippen LogP contribution in [0.1, 0.15) is 66.4 Å². The molecule has 1 amide bonds. The number of hydrogen-bond acceptors (Lipinski definition) is 3. The highest BCUT2D eigenvalue weighted by Crippen LogP contribution is 2.36. The highest BCUT2D eigenvalue weighted by molar-refractivity contribution is 5.87. The molecule has 138 valence electrons. The zero-order valence-corrected chi connectivity index (χ0v) is 16.5. The van der Waals surface area contributed by atoms with E-state index in [1.165, 1.54) is 12.0 Å². The van der Waals surface area contributed by atoms with E-state index in [1.54, 1.807) is 0 Å². The lowest BCUT2D eigenvalue weighted by molar-refractivity contribution is -0.123. The first-order chi connectivity index (χ1) is 11.5. The molecule has 0 heterocycles. The lowest BCUT2D eigenvalue weighted by Gasteiger charge is -2.34. The molecule has 0 saturated heterocycles. The van der Waals surface area contributed by atoms with Crippen LogP contribution in [0.25, 0.3) is 0 Å². The van der Waals surface area contributed by atoms with Crippen LogP contribution in [-0.2, 0) is 10.2 Å². The second kappa shape index (κ2) is 7.59. The molecule has 1 aliphatic rings. The third-order valence-corrected chi connectivity index (χ3v) is 4.60. The summed E-state index contributed by atoms with van der Waals surface area (Å²) in [6.07, 6.45) is 3.10. The standard InChI is InChI=1S/C21H32N2O2/c1-15-11-17(13-21(5,6)12-15)22-23-19(24)14-25-18-9-7-16(8-10-18)20(2,3)4/h7-10,15H,11-14H2,1-6H3,(H,23,24). The summed E-state index contributed by atoms with van der Waals surface area (Å²) in [6.45, 7) is 13.2. The van der Waals surface area contributed by atoms with Crippen LogP contribution >= 0.6 is 0 Å². The first-order valence-electron chi connectivity index (χ1n) is 9.13. The molecule has 1 saturated carbocycles.